The summed E-state index contributed by atoms with van der Waals surface area (Å²) in [5.74, 6) is 2.54. The second-order valence-electron chi connectivity index (χ2n) is 3.12. The van der Waals surface area contributed by atoms with Gasteiger partial charge in [0.25, 0.3) is 0 Å². The molecule has 1 aromatic carbocycles. The minimum Gasteiger partial charge on any atom is -0.496 e. The van der Waals surface area contributed by atoms with Crippen LogP contribution in [0.4, 0.5) is 0 Å². The second kappa shape index (κ2) is 3.60. The SMILES string of the molecule is COc1cccc2c1C(CN)CS2. The van der Waals surface area contributed by atoms with E-state index in [9.17, 15) is 0 Å². The van der Waals surface area contributed by atoms with E-state index >= 15 is 0 Å². The van der Waals surface area contributed by atoms with Crippen molar-refractivity contribution in [1.82, 2.24) is 0 Å². The van der Waals surface area contributed by atoms with Crippen molar-refractivity contribution in [2.45, 2.75) is 10.8 Å². The molecule has 0 spiro atoms. The third-order valence-corrected chi connectivity index (χ3v) is 3.61. The quantitative estimate of drug-likeness (QED) is 0.782. The van der Waals surface area contributed by atoms with Crippen LogP contribution < -0.4 is 10.5 Å². The summed E-state index contributed by atoms with van der Waals surface area (Å²) in [5.41, 5.74) is 7.01. The first kappa shape index (κ1) is 8.91. The number of fused-ring (bicyclic) bond motifs is 1. The standard InChI is InChI=1S/C10H13NOS/c1-12-8-3-2-4-9-10(8)7(5-11)6-13-9/h2-4,7H,5-6,11H2,1H3. The van der Waals surface area contributed by atoms with Gasteiger partial charge in [-0.3, -0.25) is 0 Å². The number of benzene rings is 1. The molecule has 0 radical (unpaired) electrons. The molecule has 0 amide bonds. The van der Waals surface area contributed by atoms with Gasteiger partial charge in [-0.1, -0.05) is 6.07 Å². The highest BCUT2D eigenvalue weighted by Gasteiger charge is 2.25. The zero-order chi connectivity index (χ0) is 9.26. The highest BCUT2D eigenvalue weighted by atomic mass is 32.2. The van der Waals surface area contributed by atoms with Crippen LogP contribution in [-0.2, 0) is 0 Å². The molecule has 2 nitrogen and oxygen atoms in total. The lowest BCUT2D eigenvalue weighted by Crippen LogP contribution is -2.12. The van der Waals surface area contributed by atoms with Crippen LogP contribution in [-0.4, -0.2) is 19.4 Å². The van der Waals surface area contributed by atoms with Gasteiger partial charge in [-0.15, -0.1) is 11.8 Å². The lowest BCUT2D eigenvalue weighted by molar-refractivity contribution is 0.406. The Labute approximate surface area is 82.5 Å². The smallest absolute Gasteiger partial charge is 0.123 e. The Morgan fingerprint density at radius 1 is 1.62 bits per heavy atom. The normalized spacial score (nSPS) is 20.0. The molecule has 0 bridgehead atoms. The van der Waals surface area contributed by atoms with Crippen molar-refractivity contribution in [2.75, 3.05) is 19.4 Å². The monoisotopic (exact) mass is 195 g/mol. The third-order valence-electron chi connectivity index (χ3n) is 2.38. The van der Waals surface area contributed by atoms with Crippen molar-refractivity contribution in [3.05, 3.63) is 23.8 Å². The Morgan fingerprint density at radius 2 is 2.46 bits per heavy atom. The molecule has 3 heteroatoms. The molecule has 0 aliphatic carbocycles. The fourth-order valence-electron chi connectivity index (χ4n) is 1.69. The predicted octanol–water partition coefficient (Wildman–Crippen LogP) is 1.84. The molecular weight excluding hydrogens is 182 g/mol. The van der Waals surface area contributed by atoms with Gasteiger partial charge in [0.15, 0.2) is 0 Å². The van der Waals surface area contributed by atoms with Crippen molar-refractivity contribution >= 4 is 11.8 Å². The summed E-state index contributed by atoms with van der Waals surface area (Å²) >= 11 is 1.87. The number of ether oxygens (including phenoxy) is 1. The number of methoxy groups -OCH3 is 1. The maximum Gasteiger partial charge on any atom is 0.123 e. The van der Waals surface area contributed by atoms with Crippen molar-refractivity contribution in [2.24, 2.45) is 5.73 Å². The Balaban J connectivity index is 2.46. The second-order valence-corrected chi connectivity index (χ2v) is 4.18. The molecule has 70 valence electrons. The lowest BCUT2D eigenvalue weighted by atomic mass is 10.0. The molecule has 0 saturated heterocycles. The Hall–Kier alpha value is -0.670. The van der Waals surface area contributed by atoms with Crippen LogP contribution in [0.25, 0.3) is 0 Å². The van der Waals surface area contributed by atoms with E-state index in [1.807, 2.05) is 23.9 Å². The highest BCUT2D eigenvalue weighted by molar-refractivity contribution is 7.99. The summed E-state index contributed by atoms with van der Waals surface area (Å²) < 4.78 is 5.32. The molecule has 1 heterocycles. The number of hydrogen-bond acceptors (Lipinski definition) is 3. The summed E-state index contributed by atoms with van der Waals surface area (Å²) in [7, 11) is 1.71. The van der Waals surface area contributed by atoms with E-state index in [-0.39, 0.29) is 0 Å². The van der Waals surface area contributed by atoms with Gasteiger partial charge < -0.3 is 10.5 Å². The van der Waals surface area contributed by atoms with E-state index < -0.39 is 0 Å². The van der Waals surface area contributed by atoms with Crippen LogP contribution >= 0.6 is 11.8 Å². The maximum atomic E-state index is 5.70. The molecular formula is C10H13NOS. The summed E-state index contributed by atoms with van der Waals surface area (Å²) in [6, 6.07) is 6.18. The topological polar surface area (TPSA) is 35.2 Å². The Morgan fingerprint density at radius 3 is 3.15 bits per heavy atom. The van der Waals surface area contributed by atoms with E-state index in [4.69, 9.17) is 10.5 Å². The summed E-state index contributed by atoms with van der Waals surface area (Å²) in [6.45, 7) is 0.709. The Kier molecular flexibility index (Phi) is 2.47. The lowest BCUT2D eigenvalue weighted by Gasteiger charge is -2.11. The zero-order valence-electron chi connectivity index (χ0n) is 7.62. The first-order chi connectivity index (χ1) is 6.36. The van der Waals surface area contributed by atoms with E-state index in [1.165, 1.54) is 10.5 Å². The molecule has 1 aliphatic rings. The zero-order valence-corrected chi connectivity index (χ0v) is 8.43. The highest BCUT2D eigenvalue weighted by Crippen LogP contribution is 2.43. The molecule has 2 rings (SSSR count). The van der Waals surface area contributed by atoms with E-state index in [2.05, 4.69) is 6.07 Å². The molecule has 13 heavy (non-hydrogen) atoms. The van der Waals surface area contributed by atoms with E-state index in [0.29, 0.717) is 12.5 Å². The molecule has 0 aromatic heterocycles. The fraction of sp³-hybridized carbons (Fsp3) is 0.400. The largest absolute Gasteiger partial charge is 0.496 e. The van der Waals surface area contributed by atoms with Crippen molar-refractivity contribution in [3.63, 3.8) is 0 Å². The van der Waals surface area contributed by atoms with Crippen molar-refractivity contribution in [3.8, 4) is 5.75 Å². The first-order valence-electron chi connectivity index (χ1n) is 4.36. The van der Waals surface area contributed by atoms with Gasteiger partial charge in [0.05, 0.1) is 7.11 Å². The van der Waals surface area contributed by atoms with Crippen LogP contribution in [0, 0.1) is 0 Å². The summed E-state index contributed by atoms with van der Waals surface area (Å²) in [4.78, 5) is 1.33. The molecule has 0 saturated carbocycles. The summed E-state index contributed by atoms with van der Waals surface area (Å²) in [6.07, 6.45) is 0. The van der Waals surface area contributed by atoms with Crippen LogP contribution in [0.1, 0.15) is 11.5 Å². The average molecular weight is 195 g/mol. The van der Waals surface area contributed by atoms with Gasteiger partial charge in [0.1, 0.15) is 5.75 Å². The van der Waals surface area contributed by atoms with Crippen LogP contribution in [0.5, 0.6) is 5.75 Å². The van der Waals surface area contributed by atoms with Gasteiger partial charge in [0.2, 0.25) is 0 Å². The van der Waals surface area contributed by atoms with E-state index in [0.717, 1.165) is 11.5 Å². The van der Waals surface area contributed by atoms with Gasteiger partial charge in [-0.05, 0) is 12.1 Å². The van der Waals surface area contributed by atoms with Crippen LogP contribution in [0.3, 0.4) is 0 Å². The van der Waals surface area contributed by atoms with Gasteiger partial charge in [0, 0.05) is 28.7 Å². The molecule has 0 fully saturated rings. The minimum atomic E-state index is 0.469. The van der Waals surface area contributed by atoms with Crippen LogP contribution in [0.2, 0.25) is 0 Å². The predicted molar refractivity (Wildman–Crippen MR) is 55.5 cm³/mol. The molecule has 2 N–H and O–H groups in total. The van der Waals surface area contributed by atoms with E-state index in [1.54, 1.807) is 7.11 Å². The molecule has 1 aliphatic heterocycles. The number of thioether (sulfide) groups is 1. The molecule has 1 aromatic rings. The number of rotatable bonds is 2. The minimum absolute atomic E-state index is 0.469. The fourth-order valence-corrected chi connectivity index (χ4v) is 2.97. The first-order valence-corrected chi connectivity index (χ1v) is 5.35. The third kappa shape index (κ3) is 1.42. The summed E-state index contributed by atoms with van der Waals surface area (Å²) in [5, 5.41) is 0. The molecule has 1 atom stereocenters. The van der Waals surface area contributed by atoms with Crippen LogP contribution in [0.15, 0.2) is 23.1 Å². The van der Waals surface area contributed by atoms with Gasteiger partial charge in [-0.25, -0.2) is 0 Å². The number of hydrogen-bond donors (Lipinski definition) is 1. The van der Waals surface area contributed by atoms with Gasteiger partial charge in [-0.2, -0.15) is 0 Å². The molecule has 1 unspecified atom stereocenters. The number of nitrogens with two attached hydrogens (primary N) is 1. The Bertz CT molecular complexity index is 314. The van der Waals surface area contributed by atoms with Crippen molar-refractivity contribution < 1.29 is 4.74 Å². The average Bonchev–Trinajstić information content (AvgIpc) is 2.60. The van der Waals surface area contributed by atoms with Gasteiger partial charge >= 0.3 is 0 Å². The maximum absolute atomic E-state index is 5.70. The van der Waals surface area contributed by atoms with Crippen molar-refractivity contribution in [1.29, 1.82) is 0 Å².